The van der Waals surface area contributed by atoms with Gasteiger partial charge in [0.15, 0.2) is 10.9 Å². The van der Waals surface area contributed by atoms with Crippen LogP contribution in [0.4, 0.5) is 13.9 Å². The minimum Gasteiger partial charge on any atom is -0.456 e. The van der Waals surface area contributed by atoms with Crippen LogP contribution in [-0.2, 0) is 0 Å². The molecule has 0 bridgehead atoms. The summed E-state index contributed by atoms with van der Waals surface area (Å²) in [6.45, 7) is 1.73. The van der Waals surface area contributed by atoms with E-state index in [9.17, 15) is 13.6 Å². The molecule has 0 fully saturated rings. The maximum Gasteiger partial charge on any atom is 0.293 e. The molecule has 4 nitrogen and oxygen atoms in total. The molecule has 1 aromatic carbocycles. The summed E-state index contributed by atoms with van der Waals surface area (Å²) >= 11 is 1.14. The summed E-state index contributed by atoms with van der Waals surface area (Å²) in [6, 6.07) is 6.48. The third kappa shape index (κ3) is 2.89. The van der Waals surface area contributed by atoms with Crippen molar-refractivity contribution in [1.29, 1.82) is 0 Å². The lowest BCUT2D eigenvalue weighted by atomic mass is 10.1. The van der Waals surface area contributed by atoms with Crippen LogP contribution >= 0.6 is 11.3 Å². The maximum atomic E-state index is 13.7. The molecule has 22 heavy (non-hydrogen) atoms. The molecule has 0 unspecified atom stereocenters. The number of benzene rings is 1. The minimum atomic E-state index is -0.704. The van der Waals surface area contributed by atoms with Crippen LogP contribution < -0.4 is 5.32 Å². The van der Waals surface area contributed by atoms with Gasteiger partial charge in [-0.3, -0.25) is 10.1 Å². The first-order chi connectivity index (χ1) is 10.5. The number of hydrogen-bond acceptors (Lipinski definition) is 4. The molecule has 3 aromatic rings. The van der Waals surface area contributed by atoms with Crippen LogP contribution in [0.3, 0.4) is 0 Å². The topological polar surface area (TPSA) is 55.1 Å². The lowest BCUT2D eigenvalue weighted by Gasteiger charge is -2.00. The van der Waals surface area contributed by atoms with Crippen molar-refractivity contribution in [2.45, 2.75) is 6.92 Å². The number of halogens is 2. The van der Waals surface area contributed by atoms with Crippen LogP contribution in [-0.4, -0.2) is 10.9 Å². The number of aromatic nitrogens is 1. The summed E-state index contributed by atoms with van der Waals surface area (Å²) in [5.74, 6) is -1.00. The Labute approximate surface area is 128 Å². The molecule has 0 spiro atoms. The highest BCUT2D eigenvalue weighted by molar-refractivity contribution is 7.14. The van der Waals surface area contributed by atoms with Gasteiger partial charge < -0.3 is 4.42 Å². The number of nitrogens with one attached hydrogen (secondary N) is 1. The highest BCUT2D eigenvalue weighted by atomic mass is 32.1. The normalized spacial score (nSPS) is 10.7. The van der Waals surface area contributed by atoms with E-state index in [1.54, 1.807) is 24.4 Å². The molecule has 112 valence electrons. The Bertz CT molecular complexity index is 842. The summed E-state index contributed by atoms with van der Waals surface area (Å²) < 4.78 is 31.8. The molecule has 1 amide bonds. The number of amides is 1. The Morgan fingerprint density at radius 2 is 2.09 bits per heavy atom. The minimum absolute atomic E-state index is 0.169. The van der Waals surface area contributed by atoms with E-state index in [1.807, 2.05) is 0 Å². The van der Waals surface area contributed by atoms with E-state index in [-0.39, 0.29) is 11.3 Å². The SMILES string of the molecule is Cc1ccc(C(=O)Nc2nc(-c3ccc(F)cc3F)cs2)o1. The molecular formula is C15H10F2N2O2S. The van der Waals surface area contributed by atoms with Crippen molar-refractivity contribution >= 4 is 22.4 Å². The average Bonchev–Trinajstić information content (AvgIpc) is 3.08. The number of aryl methyl sites for hydroxylation is 1. The predicted octanol–water partition coefficient (Wildman–Crippen LogP) is 4.24. The molecule has 0 aliphatic heterocycles. The van der Waals surface area contributed by atoms with Crippen molar-refractivity contribution in [3.05, 3.63) is 58.9 Å². The zero-order valence-electron chi connectivity index (χ0n) is 11.4. The molecule has 0 saturated carbocycles. The quantitative estimate of drug-likeness (QED) is 0.785. The van der Waals surface area contributed by atoms with Crippen molar-refractivity contribution in [3.8, 4) is 11.3 Å². The van der Waals surface area contributed by atoms with Crippen molar-refractivity contribution in [2.24, 2.45) is 0 Å². The first-order valence-corrected chi connectivity index (χ1v) is 7.19. The number of thiazole rings is 1. The van der Waals surface area contributed by atoms with Crippen molar-refractivity contribution in [3.63, 3.8) is 0 Å². The zero-order valence-corrected chi connectivity index (χ0v) is 12.2. The third-order valence-corrected chi connectivity index (χ3v) is 3.65. The second-order valence-electron chi connectivity index (χ2n) is 4.53. The van der Waals surface area contributed by atoms with E-state index >= 15 is 0 Å². The monoisotopic (exact) mass is 320 g/mol. The third-order valence-electron chi connectivity index (χ3n) is 2.90. The molecule has 0 radical (unpaired) electrons. The fourth-order valence-corrected chi connectivity index (χ4v) is 2.57. The maximum absolute atomic E-state index is 13.7. The van der Waals surface area contributed by atoms with Crippen LogP contribution in [0.5, 0.6) is 0 Å². The molecule has 0 aliphatic rings. The van der Waals surface area contributed by atoms with Gasteiger partial charge in [-0.25, -0.2) is 13.8 Å². The van der Waals surface area contributed by atoms with E-state index in [0.29, 0.717) is 16.6 Å². The Morgan fingerprint density at radius 1 is 1.27 bits per heavy atom. The van der Waals surface area contributed by atoms with Gasteiger partial charge in [0.2, 0.25) is 0 Å². The van der Waals surface area contributed by atoms with E-state index in [0.717, 1.165) is 23.5 Å². The average molecular weight is 320 g/mol. The molecule has 7 heteroatoms. The highest BCUT2D eigenvalue weighted by Crippen LogP contribution is 2.27. The van der Waals surface area contributed by atoms with Crippen molar-refractivity contribution in [1.82, 2.24) is 4.98 Å². The predicted molar refractivity (Wildman–Crippen MR) is 78.9 cm³/mol. The van der Waals surface area contributed by atoms with Gasteiger partial charge in [-0.05, 0) is 31.2 Å². The molecule has 3 rings (SSSR count). The number of carbonyl (C=O) groups excluding carboxylic acids is 1. The summed E-state index contributed by atoms with van der Waals surface area (Å²) in [5.41, 5.74) is 0.500. The van der Waals surface area contributed by atoms with E-state index in [2.05, 4.69) is 10.3 Å². The summed E-state index contributed by atoms with van der Waals surface area (Å²) in [6.07, 6.45) is 0. The lowest BCUT2D eigenvalue weighted by molar-refractivity contribution is 0.0995. The molecule has 2 aromatic heterocycles. The summed E-state index contributed by atoms with van der Waals surface area (Å²) in [4.78, 5) is 16.0. The van der Waals surface area contributed by atoms with Crippen LogP contribution in [0.2, 0.25) is 0 Å². The number of furan rings is 1. The summed E-state index contributed by atoms with van der Waals surface area (Å²) in [5, 5.41) is 4.46. The second-order valence-corrected chi connectivity index (χ2v) is 5.38. The Hall–Kier alpha value is -2.54. The zero-order chi connectivity index (χ0) is 15.7. The number of carbonyl (C=O) groups is 1. The summed E-state index contributed by atoms with van der Waals surface area (Å²) in [7, 11) is 0. The fourth-order valence-electron chi connectivity index (χ4n) is 1.87. The first-order valence-electron chi connectivity index (χ1n) is 6.31. The van der Waals surface area contributed by atoms with Gasteiger partial charge in [-0.1, -0.05) is 0 Å². The van der Waals surface area contributed by atoms with Crippen LogP contribution in [0.1, 0.15) is 16.3 Å². The second kappa shape index (κ2) is 5.69. The molecule has 0 atom stereocenters. The molecule has 0 saturated heterocycles. The number of rotatable bonds is 3. The van der Waals surface area contributed by atoms with E-state index in [4.69, 9.17) is 4.42 Å². The van der Waals surface area contributed by atoms with Gasteiger partial charge >= 0.3 is 0 Å². The van der Waals surface area contributed by atoms with Crippen LogP contribution in [0.25, 0.3) is 11.3 Å². The van der Waals surface area contributed by atoms with Crippen LogP contribution in [0, 0.1) is 18.6 Å². The number of hydrogen-bond donors (Lipinski definition) is 1. The van der Waals surface area contributed by atoms with Crippen molar-refractivity contribution in [2.75, 3.05) is 5.32 Å². The van der Waals surface area contributed by atoms with Gasteiger partial charge in [-0.2, -0.15) is 0 Å². The van der Waals surface area contributed by atoms with Crippen molar-refractivity contribution < 1.29 is 18.0 Å². The van der Waals surface area contributed by atoms with E-state index < -0.39 is 17.5 Å². The molecular weight excluding hydrogens is 310 g/mol. The largest absolute Gasteiger partial charge is 0.456 e. The van der Waals surface area contributed by atoms with Gasteiger partial charge in [0.1, 0.15) is 17.4 Å². The number of anilines is 1. The standard InChI is InChI=1S/C15H10F2N2O2S/c1-8-2-5-13(21-8)14(20)19-15-18-12(7-22-15)10-4-3-9(16)6-11(10)17/h2-7H,1H3,(H,18,19,20). The van der Waals surface area contributed by atoms with Gasteiger partial charge in [0.05, 0.1) is 5.69 Å². The molecule has 0 aliphatic carbocycles. The Kier molecular flexibility index (Phi) is 3.72. The Morgan fingerprint density at radius 3 is 2.77 bits per heavy atom. The molecule has 1 N–H and O–H groups in total. The first kappa shape index (κ1) is 14.4. The Balaban J connectivity index is 1.80. The van der Waals surface area contributed by atoms with E-state index in [1.165, 1.54) is 6.07 Å². The highest BCUT2D eigenvalue weighted by Gasteiger charge is 2.14. The smallest absolute Gasteiger partial charge is 0.293 e. The number of nitrogens with zero attached hydrogens (tertiary/aromatic N) is 1. The fraction of sp³-hybridized carbons (Fsp3) is 0.0667. The van der Waals surface area contributed by atoms with Gasteiger partial charge in [0.25, 0.3) is 5.91 Å². The van der Waals surface area contributed by atoms with Crippen LogP contribution in [0.15, 0.2) is 40.1 Å². The molecule has 2 heterocycles. The lowest BCUT2D eigenvalue weighted by Crippen LogP contribution is -2.10. The van der Waals surface area contributed by atoms with Gasteiger partial charge in [0, 0.05) is 17.0 Å². The van der Waals surface area contributed by atoms with Gasteiger partial charge in [-0.15, -0.1) is 11.3 Å².